The molecule has 4 aromatic rings. The molecule has 4 aromatic carbocycles. The van der Waals surface area contributed by atoms with Crippen molar-refractivity contribution < 1.29 is 57.2 Å². The molecule has 4 aliphatic heterocycles. The molecule has 0 saturated heterocycles. The van der Waals surface area contributed by atoms with E-state index in [4.69, 9.17) is 28.4 Å². The van der Waals surface area contributed by atoms with Crippen molar-refractivity contribution in [1.29, 1.82) is 0 Å². The van der Waals surface area contributed by atoms with Gasteiger partial charge in [-0.2, -0.15) is 0 Å². The largest absolute Gasteiger partial charge is 0.544 e. The SMILES string of the molecule is CCCCCCCCC(C(=O)[O-])[N+]1(C)CCc2cc(OC)c3cc2C1Cc1ccc(cc1)Oc1cc(ccc1OC)CC1c2c(cc(OC)c(OC)c2O3)CC[N+]1(C)C(CCCCCCCC)C(=O)[O-]. The van der Waals surface area contributed by atoms with E-state index in [1.807, 2.05) is 48.5 Å². The van der Waals surface area contributed by atoms with Crippen LogP contribution in [0.2, 0.25) is 0 Å². The molecule has 0 amide bonds. The lowest BCUT2D eigenvalue weighted by atomic mass is 9.83. The van der Waals surface area contributed by atoms with Gasteiger partial charge in [-0.15, -0.1) is 0 Å². The van der Waals surface area contributed by atoms with Crippen molar-refractivity contribution in [2.45, 2.75) is 154 Å². The van der Waals surface area contributed by atoms with Crippen molar-refractivity contribution >= 4 is 11.9 Å². The molecule has 0 radical (unpaired) electrons. The molecule has 6 atom stereocenters. The van der Waals surface area contributed by atoms with Crippen LogP contribution in [0.5, 0.6) is 46.0 Å². The van der Waals surface area contributed by atoms with Gasteiger partial charge in [0.1, 0.15) is 29.9 Å². The number of carboxylic acids is 2. The fraction of sp³-hybridized carbons (Fsp3) is 0.552. The number of carboxylic acid groups (broad SMARTS) is 2. The molecule has 0 fully saturated rings. The molecule has 0 aliphatic carbocycles. The molecular formula is C58H78N2O10. The maximum atomic E-state index is 13.6. The van der Waals surface area contributed by atoms with E-state index in [0.717, 1.165) is 104 Å². The number of benzene rings is 4. The van der Waals surface area contributed by atoms with E-state index in [1.165, 1.54) is 6.42 Å². The smallest absolute Gasteiger partial charge is 0.204 e. The summed E-state index contributed by atoms with van der Waals surface area (Å²) in [5.41, 5.74) is 5.77. The Hall–Kier alpha value is -5.46. The third kappa shape index (κ3) is 11.2. The van der Waals surface area contributed by atoms with Crippen LogP contribution < -0.4 is 38.6 Å². The van der Waals surface area contributed by atoms with E-state index in [1.54, 1.807) is 28.4 Å². The second-order valence-electron chi connectivity index (χ2n) is 20.4. The van der Waals surface area contributed by atoms with Crippen LogP contribution in [-0.2, 0) is 35.3 Å². The monoisotopic (exact) mass is 963 g/mol. The predicted octanol–water partition coefficient (Wildman–Crippen LogP) is 9.93. The quantitative estimate of drug-likeness (QED) is 0.0553. The second kappa shape index (κ2) is 23.6. The number of unbranched alkanes of at least 4 members (excludes halogenated alkanes) is 10. The Bertz CT molecular complexity index is 2420. The summed E-state index contributed by atoms with van der Waals surface area (Å²) < 4.78 is 38.8. The highest BCUT2D eigenvalue weighted by Crippen LogP contribution is 2.55. The van der Waals surface area contributed by atoms with Crippen LogP contribution in [0.15, 0.2) is 60.7 Å². The molecule has 0 saturated carbocycles. The molecule has 6 bridgehead atoms. The first kappa shape index (κ1) is 52.4. The second-order valence-corrected chi connectivity index (χ2v) is 20.4. The van der Waals surface area contributed by atoms with Gasteiger partial charge in [-0.1, -0.05) is 96.3 Å². The molecule has 4 heterocycles. The molecule has 380 valence electrons. The normalized spacial score (nSPS) is 21.2. The maximum absolute atomic E-state index is 13.6. The molecule has 0 spiro atoms. The molecule has 0 aromatic heterocycles. The number of fused-ring (bicyclic) bond motifs is 2. The standard InChI is InChI=1S/C58H78N2O10/c1-9-11-13-15-17-19-21-45(57(61)62)59(3)31-29-41-36-50(66-6)52-38-44(41)47(59)33-39-23-26-43(27-24-39)69-51-35-40(25-28-49(51)65-5)34-48-54-42(37-53(67-7)55(68-8)56(54)70-52)30-32-60(48,4)46(58(63)64)22-20-18-16-14-12-10-2/h23-28,35-38,45-48H,9-22,29-34H2,1-8H3. The summed E-state index contributed by atoms with van der Waals surface area (Å²) in [7, 11) is 10.6. The summed E-state index contributed by atoms with van der Waals surface area (Å²) in [6.07, 6.45) is 15.7. The lowest BCUT2D eigenvalue weighted by Crippen LogP contribution is -2.63. The summed E-state index contributed by atoms with van der Waals surface area (Å²) >= 11 is 0. The Morgan fingerprint density at radius 1 is 0.586 bits per heavy atom. The molecule has 12 nitrogen and oxygen atoms in total. The van der Waals surface area contributed by atoms with Crippen molar-refractivity contribution in [3.05, 3.63) is 94.0 Å². The van der Waals surface area contributed by atoms with E-state index < -0.39 is 30.1 Å². The average Bonchev–Trinajstić information content (AvgIpc) is 3.35. The van der Waals surface area contributed by atoms with Crippen LogP contribution >= 0.6 is 0 Å². The van der Waals surface area contributed by atoms with Crippen LogP contribution in [0.3, 0.4) is 0 Å². The minimum atomic E-state index is -1.07. The fourth-order valence-corrected chi connectivity index (χ4v) is 12.0. The number of aliphatic carboxylic acids is 2. The van der Waals surface area contributed by atoms with E-state index in [0.29, 0.717) is 97.6 Å². The Labute approximate surface area is 417 Å². The zero-order chi connectivity index (χ0) is 50.0. The van der Waals surface area contributed by atoms with Gasteiger partial charge < -0.3 is 57.2 Å². The molecule has 70 heavy (non-hydrogen) atoms. The van der Waals surface area contributed by atoms with Gasteiger partial charge in [0.2, 0.25) is 5.75 Å². The van der Waals surface area contributed by atoms with E-state index >= 15 is 0 Å². The van der Waals surface area contributed by atoms with Gasteiger partial charge in [0.15, 0.2) is 34.5 Å². The molecule has 4 aliphatic rings. The summed E-state index contributed by atoms with van der Waals surface area (Å²) in [6, 6.07) is 17.7. The van der Waals surface area contributed by atoms with Crippen molar-refractivity contribution in [2.24, 2.45) is 0 Å². The molecule has 12 heteroatoms. The van der Waals surface area contributed by atoms with E-state index in [2.05, 4.69) is 40.1 Å². The Morgan fingerprint density at radius 2 is 1.10 bits per heavy atom. The van der Waals surface area contributed by atoms with Crippen LogP contribution in [-0.4, -0.2) is 88.6 Å². The van der Waals surface area contributed by atoms with Crippen molar-refractivity contribution in [3.63, 3.8) is 0 Å². The minimum absolute atomic E-state index is 0.169. The number of carbonyl (C=O) groups excluding carboxylic acids is 2. The Morgan fingerprint density at radius 3 is 1.67 bits per heavy atom. The number of hydrogen-bond donors (Lipinski definition) is 0. The fourth-order valence-electron chi connectivity index (χ4n) is 12.0. The third-order valence-electron chi connectivity index (χ3n) is 16.1. The van der Waals surface area contributed by atoms with Crippen molar-refractivity contribution in [3.8, 4) is 46.0 Å². The van der Waals surface area contributed by atoms with Crippen molar-refractivity contribution in [1.82, 2.24) is 0 Å². The summed E-state index contributed by atoms with van der Waals surface area (Å²) in [5.74, 6) is 1.85. The number of ether oxygens (including phenoxy) is 6. The number of methoxy groups -OCH3 is 4. The molecule has 8 rings (SSSR count). The first-order chi connectivity index (χ1) is 33.8. The lowest BCUT2D eigenvalue weighted by molar-refractivity contribution is -0.958. The van der Waals surface area contributed by atoms with E-state index in [-0.39, 0.29) is 15.0 Å². The van der Waals surface area contributed by atoms with Crippen LogP contribution in [0.1, 0.15) is 149 Å². The number of hydrogen-bond acceptors (Lipinski definition) is 10. The van der Waals surface area contributed by atoms with Gasteiger partial charge in [0.05, 0.1) is 73.1 Å². The highest BCUT2D eigenvalue weighted by Gasteiger charge is 2.49. The Kier molecular flexibility index (Phi) is 17.7. The van der Waals surface area contributed by atoms with Crippen LogP contribution in [0, 0.1) is 0 Å². The third-order valence-corrected chi connectivity index (χ3v) is 16.1. The Balaban J connectivity index is 1.44. The van der Waals surface area contributed by atoms with Crippen LogP contribution in [0.4, 0.5) is 0 Å². The summed E-state index contributed by atoms with van der Waals surface area (Å²) in [6.45, 7) is 5.52. The minimum Gasteiger partial charge on any atom is -0.544 e. The maximum Gasteiger partial charge on any atom is 0.204 e. The predicted molar refractivity (Wildman–Crippen MR) is 268 cm³/mol. The number of nitrogens with zero attached hydrogens (tertiary/aromatic N) is 2. The number of rotatable bonds is 22. The van der Waals surface area contributed by atoms with Gasteiger partial charge in [-0.25, -0.2) is 0 Å². The van der Waals surface area contributed by atoms with Gasteiger partial charge in [0.25, 0.3) is 0 Å². The number of carbonyl (C=O) groups is 2. The lowest BCUT2D eigenvalue weighted by Gasteiger charge is -2.51. The molecule has 6 unspecified atom stereocenters. The first-order valence-electron chi connectivity index (χ1n) is 26.0. The molecule has 0 N–H and O–H groups in total. The van der Waals surface area contributed by atoms with E-state index in [9.17, 15) is 19.8 Å². The molecular weight excluding hydrogens is 885 g/mol. The van der Waals surface area contributed by atoms with Gasteiger partial charge in [-0.05, 0) is 77.6 Å². The number of likely N-dealkylation sites (N-methyl/N-ethyl adjacent to an activating group) is 2. The van der Waals surface area contributed by atoms with Crippen molar-refractivity contribution in [2.75, 3.05) is 55.6 Å². The zero-order valence-electron chi connectivity index (χ0n) is 43.2. The van der Waals surface area contributed by atoms with Gasteiger partial charge >= 0.3 is 0 Å². The summed E-state index contributed by atoms with van der Waals surface area (Å²) in [4.78, 5) is 27.1. The average molecular weight is 963 g/mol. The van der Waals surface area contributed by atoms with Gasteiger partial charge in [-0.3, -0.25) is 0 Å². The highest BCUT2D eigenvalue weighted by molar-refractivity contribution is 5.71. The summed E-state index contributed by atoms with van der Waals surface area (Å²) in [5, 5.41) is 27.1. The topological polar surface area (TPSA) is 136 Å². The zero-order valence-corrected chi connectivity index (χ0v) is 43.2. The van der Waals surface area contributed by atoms with Crippen LogP contribution in [0.25, 0.3) is 0 Å². The highest BCUT2D eigenvalue weighted by atomic mass is 16.5. The van der Waals surface area contributed by atoms with Gasteiger partial charge in [0, 0.05) is 44.1 Å². The number of quaternary nitrogens is 2. The first-order valence-corrected chi connectivity index (χ1v) is 26.0.